The maximum Gasteiger partial charge on any atom is 0.124 e. The van der Waals surface area contributed by atoms with Crippen molar-refractivity contribution in [3.05, 3.63) is 145 Å². The van der Waals surface area contributed by atoms with E-state index < -0.39 is 5.41 Å². The maximum absolute atomic E-state index is 6.73. The van der Waals surface area contributed by atoms with Crippen LogP contribution in [0.4, 0.5) is 0 Å². The largest absolute Gasteiger partial charge is 0.491 e. The summed E-state index contributed by atoms with van der Waals surface area (Å²) in [6.45, 7) is 9.78. The predicted molar refractivity (Wildman–Crippen MR) is 247 cm³/mol. The second-order valence-corrected chi connectivity index (χ2v) is 14.2. The Morgan fingerprint density at radius 3 is 1.42 bits per heavy atom. The minimum absolute atomic E-state index is 0.187. The van der Waals surface area contributed by atoms with E-state index >= 15 is 0 Å². The maximum atomic E-state index is 6.73. The van der Waals surface area contributed by atoms with Crippen molar-refractivity contribution in [2.45, 2.75) is 12.3 Å². The van der Waals surface area contributed by atoms with Gasteiger partial charge >= 0.3 is 0 Å². The van der Waals surface area contributed by atoms with Crippen molar-refractivity contribution in [1.82, 2.24) is 0 Å². The number of ether oxygens (including phenoxy) is 8. The number of rotatable bonds is 25. The molecule has 316 valence electrons. The minimum Gasteiger partial charge on any atom is -0.491 e. The molecule has 6 rings (SSSR count). The van der Waals surface area contributed by atoms with Crippen LogP contribution in [-0.4, -0.2) is 79.3 Å². The van der Waals surface area contributed by atoms with E-state index in [2.05, 4.69) is 85.9 Å². The Morgan fingerprint density at radius 2 is 0.952 bits per heavy atom. The van der Waals surface area contributed by atoms with Gasteiger partial charge in [0.1, 0.15) is 69.2 Å². The Hall–Kier alpha value is -6.70. The van der Waals surface area contributed by atoms with Gasteiger partial charge in [0.2, 0.25) is 0 Å². The highest BCUT2D eigenvalue weighted by Gasteiger charge is 2.40. The number of hydrogen-bond donors (Lipinski definition) is 0. The summed E-state index contributed by atoms with van der Waals surface area (Å²) in [7, 11) is 0. The molecule has 0 aliphatic rings. The van der Waals surface area contributed by atoms with Gasteiger partial charge in [-0.3, -0.25) is 0 Å². The molecule has 0 aliphatic carbocycles. The van der Waals surface area contributed by atoms with Gasteiger partial charge < -0.3 is 37.9 Å². The van der Waals surface area contributed by atoms with E-state index in [1.807, 2.05) is 60.7 Å². The van der Waals surface area contributed by atoms with Gasteiger partial charge in [0.25, 0.3) is 0 Å². The Labute approximate surface area is 365 Å². The molecule has 8 heteroatoms. The van der Waals surface area contributed by atoms with Crippen molar-refractivity contribution in [3.8, 4) is 71.2 Å². The molecule has 0 saturated heterocycles. The zero-order valence-electron chi connectivity index (χ0n) is 35.2. The SMILES string of the molecule is C#CCOCCOc1ccc2c(C(C)(c3ccc(-c4ccccc4)cc3)c3c(OCCOCC=C)ccc4cc(OCCOCC#C)ccc34)c(OCCOCC#C)ccc2c1. The van der Waals surface area contributed by atoms with E-state index in [0.29, 0.717) is 75.9 Å². The summed E-state index contributed by atoms with van der Waals surface area (Å²) >= 11 is 0. The summed E-state index contributed by atoms with van der Waals surface area (Å²) in [5.41, 5.74) is 4.15. The van der Waals surface area contributed by atoms with E-state index in [-0.39, 0.29) is 26.4 Å². The Morgan fingerprint density at radius 1 is 0.500 bits per heavy atom. The van der Waals surface area contributed by atoms with Crippen molar-refractivity contribution in [2.24, 2.45) is 0 Å². The van der Waals surface area contributed by atoms with E-state index in [0.717, 1.165) is 49.4 Å². The van der Waals surface area contributed by atoms with Crippen LogP contribution in [-0.2, 0) is 24.4 Å². The third-order valence-electron chi connectivity index (χ3n) is 10.2. The summed E-state index contributed by atoms with van der Waals surface area (Å²) < 4.78 is 48.0. The van der Waals surface area contributed by atoms with Crippen LogP contribution in [0.3, 0.4) is 0 Å². The third-order valence-corrected chi connectivity index (χ3v) is 10.2. The summed E-state index contributed by atoms with van der Waals surface area (Å²) in [6.07, 6.45) is 17.9. The first kappa shape index (κ1) is 44.8. The standard InChI is InChI=1S/C54H52O8/c1-6-27-55-31-35-59-46-21-23-48-43(39-46)17-25-50(61-37-33-57-29-8-3)52(48)54(5,45-19-15-42(16-20-45)41-13-11-10-12-14-41)53-49-24-22-47(60-36-32-56-28-7-2)40-44(49)18-26-51(53)62-38-34-58-30-9-4/h1-3,9-26,39-40H,4,27-38H2,5H3. The highest BCUT2D eigenvalue weighted by molar-refractivity contribution is 5.96. The molecule has 6 aromatic carbocycles. The smallest absolute Gasteiger partial charge is 0.124 e. The lowest BCUT2D eigenvalue weighted by Crippen LogP contribution is -2.28. The van der Waals surface area contributed by atoms with Gasteiger partial charge in [0, 0.05) is 11.1 Å². The monoisotopic (exact) mass is 828 g/mol. The molecule has 0 bridgehead atoms. The van der Waals surface area contributed by atoms with Crippen LogP contribution in [0.25, 0.3) is 32.7 Å². The highest BCUT2D eigenvalue weighted by atomic mass is 16.5. The van der Waals surface area contributed by atoms with Gasteiger partial charge in [0.05, 0.1) is 38.4 Å². The number of benzene rings is 6. The van der Waals surface area contributed by atoms with E-state index in [4.69, 9.17) is 57.2 Å². The van der Waals surface area contributed by atoms with Gasteiger partial charge in [-0.05, 0) is 81.6 Å². The summed E-state index contributed by atoms with van der Waals surface area (Å²) in [5.74, 6) is 10.3. The molecule has 0 heterocycles. The second kappa shape index (κ2) is 23.3. The molecule has 8 nitrogen and oxygen atoms in total. The first-order valence-electron chi connectivity index (χ1n) is 20.6. The molecular weight excluding hydrogens is 777 g/mol. The normalized spacial score (nSPS) is 11.8. The fraction of sp³-hybridized carbons (Fsp3) is 0.259. The number of hydrogen-bond acceptors (Lipinski definition) is 8. The highest BCUT2D eigenvalue weighted by Crippen LogP contribution is 2.52. The van der Waals surface area contributed by atoms with Crippen LogP contribution in [0.15, 0.2) is 128 Å². The average molecular weight is 829 g/mol. The van der Waals surface area contributed by atoms with Crippen molar-refractivity contribution >= 4 is 21.5 Å². The van der Waals surface area contributed by atoms with Crippen LogP contribution >= 0.6 is 0 Å². The molecule has 0 N–H and O–H groups in total. The van der Waals surface area contributed by atoms with Crippen LogP contribution in [0.2, 0.25) is 0 Å². The summed E-state index contributed by atoms with van der Waals surface area (Å²) in [5, 5.41) is 3.83. The Bertz CT molecular complexity index is 2510. The van der Waals surface area contributed by atoms with E-state index in [1.165, 1.54) is 0 Å². The van der Waals surface area contributed by atoms with Crippen LogP contribution in [0, 0.1) is 37.0 Å². The van der Waals surface area contributed by atoms with Crippen molar-refractivity contribution in [2.75, 3.05) is 79.3 Å². The second-order valence-electron chi connectivity index (χ2n) is 14.2. The molecule has 1 atom stereocenters. The Kier molecular flexibility index (Phi) is 16.9. The molecule has 0 saturated carbocycles. The zero-order chi connectivity index (χ0) is 43.4. The lowest BCUT2D eigenvalue weighted by atomic mass is 9.67. The van der Waals surface area contributed by atoms with Gasteiger partial charge in [-0.25, -0.2) is 0 Å². The van der Waals surface area contributed by atoms with Crippen LogP contribution < -0.4 is 18.9 Å². The fourth-order valence-electron chi connectivity index (χ4n) is 7.49. The van der Waals surface area contributed by atoms with Gasteiger partial charge in [0.15, 0.2) is 0 Å². The van der Waals surface area contributed by atoms with Crippen molar-refractivity contribution < 1.29 is 37.9 Å². The van der Waals surface area contributed by atoms with Crippen LogP contribution in [0.1, 0.15) is 23.6 Å². The molecule has 0 radical (unpaired) electrons. The molecule has 0 fully saturated rings. The molecule has 6 aromatic rings. The summed E-state index contributed by atoms with van der Waals surface area (Å²) in [4.78, 5) is 0. The quantitative estimate of drug-likeness (QED) is 0.0245. The third kappa shape index (κ3) is 11.4. The van der Waals surface area contributed by atoms with E-state index in [1.54, 1.807) is 6.08 Å². The zero-order valence-corrected chi connectivity index (χ0v) is 35.2. The lowest BCUT2D eigenvalue weighted by Gasteiger charge is -2.36. The lowest BCUT2D eigenvalue weighted by molar-refractivity contribution is 0.120. The molecule has 62 heavy (non-hydrogen) atoms. The summed E-state index contributed by atoms with van der Waals surface area (Å²) in [6, 6.07) is 39.4. The van der Waals surface area contributed by atoms with E-state index in [9.17, 15) is 0 Å². The topological polar surface area (TPSA) is 73.8 Å². The molecular formula is C54H52O8. The fourth-order valence-corrected chi connectivity index (χ4v) is 7.49. The van der Waals surface area contributed by atoms with Crippen LogP contribution in [0.5, 0.6) is 23.0 Å². The number of fused-ring (bicyclic) bond motifs is 2. The number of terminal acetylenes is 3. The first-order valence-corrected chi connectivity index (χ1v) is 20.6. The van der Waals surface area contributed by atoms with Gasteiger partial charge in [-0.15, -0.1) is 25.8 Å². The molecule has 1 unspecified atom stereocenters. The van der Waals surface area contributed by atoms with Crippen molar-refractivity contribution in [3.63, 3.8) is 0 Å². The average Bonchev–Trinajstić information content (AvgIpc) is 3.31. The van der Waals surface area contributed by atoms with Crippen molar-refractivity contribution in [1.29, 1.82) is 0 Å². The Balaban J connectivity index is 1.58. The minimum atomic E-state index is -0.919. The predicted octanol–water partition coefficient (Wildman–Crippen LogP) is 9.68. The molecule has 0 aromatic heterocycles. The van der Waals surface area contributed by atoms with Gasteiger partial charge in [-0.1, -0.05) is 103 Å². The molecule has 0 spiro atoms. The molecule has 0 amide bonds. The molecule has 0 aliphatic heterocycles. The first-order chi connectivity index (χ1) is 30.5. The van der Waals surface area contributed by atoms with Gasteiger partial charge in [-0.2, -0.15) is 0 Å².